The summed E-state index contributed by atoms with van der Waals surface area (Å²) in [5.74, 6) is 2.84. The van der Waals surface area contributed by atoms with Crippen LogP contribution < -0.4 is 14.8 Å². The molecule has 0 bridgehead atoms. The average Bonchev–Trinajstić information content (AvgIpc) is 3.14. The summed E-state index contributed by atoms with van der Waals surface area (Å²) in [7, 11) is 5.40. The number of rotatable bonds is 7. The van der Waals surface area contributed by atoms with Crippen molar-refractivity contribution in [2.75, 3.05) is 21.2 Å². The van der Waals surface area contributed by atoms with E-state index in [-0.39, 0.29) is 0 Å². The van der Waals surface area contributed by atoms with Crippen molar-refractivity contribution in [1.29, 1.82) is 0 Å². The quantitative estimate of drug-likeness (QED) is 0.470. The van der Waals surface area contributed by atoms with Crippen molar-refractivity contribution in [3.63, 3.8) is 0 Å². The molecule has 2 aromatic heterocycles. The number of pyridine rings is 1. The molecule has 0 aliphatic heterocycles. The Balaban J connectivity index is 1.52. The fourth-order valence-electron chi connectivity index (χ4n) is 2.70. The van der Waals surface area contributed by atoms with Crippen molar-refractivity contribution in [2.45, 2.75) is 20.0 Å². The van der Waals surface area contributed by atoms with Crippen LogP contribution in [0.5, 0.6) is 17.4 Å². The largest absolute Gasteiger partial charge is 0.497 e. The lowest BCUT2D eigenvalue weighted by atomic mass is 10.3. The van der Waals surface area contributed by atoms with Crippen molar-refractivity contribution >= 4 is 17.3 Å². The van der Waals surface area contributed by atoms with Crippen molar-refractivity contribution in [3.05, 3.63) is 64.2 Å². The second-order valence-corrected chi connectivity index (χ2v) is 7.46. The van der Waals surface area contributed by atoms with E-state index in [9.17, 15) is 0 Å². The maximum atomic E-state index is 5.76. The van der Waals surface area contributed by atoms with Gasteiger partial charge >= 0.3 is 0 Å². The molecule has 8 heteroatoms. The van der Waals surface area contributed by atoms with Crippen molar-refractivity contribution < 1.29 is 9.47 Å². The number of methoxy groups -OCH3 is 1. The molecule has 29 heavy (non-hydrogen) atoms. The Morgan fingerprint density at radius 1 is 1.17 bits per heavy atom. The first-order chi connectivity index (χ1) is 14.1. The topological polar surface area (TPSA) is 71.9 Å². The van der Waals surface area contributed by atoms with E-state index >= 15 is 0 Å². The van der Waals surface area contributed by atoms with Crippen LogP contribution in [0.1, 0.15) is 16.3 Å². The summed E-state index contributed by atoms with van der Waals surface area (Å²) in [6.07, 6.45) is 1.79. The van der Waals surface area contributed by atoms with Gasteiger partial charge in [0.15, 0.2) is 5.96 Å². The molecule has 0 fully saturated rings. The summed E-state index contributed by atoms with van der Waals surface area (Å²) in [5, 5.41) is 6.49. The first kappa shape index (κ1) is 20.6. The number of nitrogens with zero attached hydrogens (tertiary/aromatic N) is 4. The van der Waals surface area contributed by atoms with Crippen molar-refractivity contribution in [3.8, 4) is 17.4 Å². The van der Waals surface area contributed by atoms with E-state index in [1.54, 1.807) is 31.7 Å². The van der Waals surface area contributed by atoms with Crippen LogP contribution in [0.4, 0.5) is 0 Å². The third-order valence-corrected chi connectivity index (χ3v) is 4.99. The molecule has 0 saturated carbocycles. The van der Waals surface area contributed by atoms with Gasteiger partial charge in [-0.15, -0.1) is 11.3 Å². The minimum atomic E-state index is 0.541. The van der Waals surface area contributed by atoms with Crippen LogP contribution in [0.2, 0.25) is 0 Å². The molecule has 0 spiro atoms. The Morgan fingerprint density at radius 3 is 2.52 bits per heavy atom. The fourth-order valence-corrected chi connectivity index (χ4v) is 3.31. The number of aliphatic imine (C=N–C) groups is 1. The number of aromatic nitrogens is 2. The van der Waals surface area contributed by atoms with Crippen LogP contribution in [-0.4, -0.2) is 42.0 Å². The zero-order chi connectivity index (χ0) is 20.6. The van der Waals surface area contributed by atoms with E-state index in [4.69, 9.17) is 9.47 Å². The van der Waals surface area contributed by atoms with E-state index in [1.807, 2.05) is 55.3 Å². The van der Waals surface area contributed by atoms with Crippen molar-refractivity contribution in [1.82, 2.24) is 20.2 Å². The number of benzene rings is 1. The van der Waals surface area contributed by atoms with Crippen LogP contribution in [0.15, 0.2) is 53.0 Å². The smallest absolute Gasteiger partial charge is 0.219 e. The van der Waals surface area contributed by atoms with Gasteiger partial charge in [-0.1, -0.05) is 6.07 Å². The minimum absolute atomic E-state index is 0.541. The molecule has 0 atom stereocenters. The predicted molar refractivity (Wildman–Crippen MR) is 116 cm³/mol. The molecule has 0 aliphatic rings. The van der Waals surface area contributed by atoms with Gasteiger partial charge in [0.1, 0.15) is 11.5 Å². The molecule has 0 radical (unpaired) electrons. The Hall–Kier alpha value is -3.13. The lowest BCUT2D eigenvalue weighted by Gasteiger charge is -2.21. The molecule has 0 amide bonds. The summed E-state index contributed by atoms with van der Waals surface area (Å²) in [6.45, 7) is 3.33. The van der Waals surface area contributed by atoms with Crippen LogP contribution in [0.25, 0.3) is 0 Å². The highest BCUT2D eigenvalue weighted by Crippen LogP contribution is 2.22. The summed E-state index contributed by atoms with van der Waals surface area (Å²) in [6, 6.07) is 11.2. The molecule has 0 unspecified atom stereocenters. The number of nitrogens with one attached hydrogen (secondary N) is 1. The second kappa shape index (κ2) is 9.88. The summed E-state index contributed by atoms with van der Waals surface area (Å²) in [5.41, 5.74) is 2.07. The van der Waals surface area contributed by atoms with E-state index in [0.29, 0.717) is 24.7 Å². The van der Waals surface area contributed by atoms with Crippen LogP contribution in [-0.2, 0) is 13.1 Å². The van der Waals surface area contributed by atoms with Gasteiger partial charge in [0, 0.05) is 38.3 Å². The van der Waals surface area contributed by atoms with Crippen LogP contribution in [0.3, 0.4) is 0 Å². The number of hydrogen-bond donors (Lipinski definition) is 1. The number of hydrogen-bond acceptors (Lipinski definition) is 6. The van der Waals surface area contributed by atoms with E-state index in [1.165, 1.54) is 0 Å². The Labute approximate surface area is 175 Å². The number of thiazole rings is 1. The lowest BCUT2D eigenvalue weighted by molar-refractivity contribution is 0.412. The van der Waals surface area contributed by atoms with Gasteiger partial charge in [-0.05, 0) is 36.8 Å². The summed E-state index contributed by atoms with van der Waals surface area (Å²) < 4.78 is 10.9. The first-order valence-corrected chi connectivity index (χ1v) is 10.0. The molecular formula is C21H25N5O2S. The Bertz CT molecular complexity index is 938. The molecule has 3 rings (SSSR count). The molecule has 0 saturated heterocycles. The van der Waals surface area contributed by atoms with Gasteiger partial charge in [0.05, 0.1) is 24.4 Å². The van der Waals surface area contributed by atoms with Crippen LogP contribution >= 0.6 is 11.3 Å². The second-order valence-electron chi connectivity index (χ2n) is 6.40. The Morgan fingerprint density at radius 2 is 1.93 bits per heavy atom. The van der Waals surface area contributed by atoms with E-state index in [2.05, 4.69) is 25.7 Å². The van der Waals surface area contributed by atoms with E-state index in [0.717, 1.165) is 28.0 Å². The number of ether oxygens (including phenoxy) is 2. The first-order valence-electron chi connectivity index (χ1n) is 9.17. The van der Waals surface area contributed by atoms with Gasteiger partial charge in [0.2, 0.25) is 5.88 Å². The monoisotopic (exact) mass is 411 g/mol. The lowest BCUT2D eigenvalue weighted by Crippen LogP contribution is -2.38. The van der Waals surface area contributed by atoms with Gasteiger partial charge in [-0.2, -0.15) is 0 Å². The molecule has 3 aromatic rings. The van der Waals surface area contributed by atoms with Gasteiger partial charge in [-0.3, -0.25) is 4.99 Å². The highest BCUT2D eigenvalue weighted by molar-refractivity contribution is 7.09. The standard InChI is InChI=1S/C21H25N5O2S/c1-15-25-17(14-29-15)13-26(3)21(22-2)24-12-16-5-10-20(23-11-16)28-19-8-6-18(27-4)7-9-19/h5-11,14H,12-13H2,1-4H3,(H,22,24). The fraction of sp³-hybridized carbons (Fsp3) is 0.286. The molecule has 0 aliphatic carbocycles. The highest BCUT2D eigenvalue weighted by atomic mass is 32.1. The molecule has 7 nitrogen and oxygen atoms in total. The zero-order valence-electron chi connectivity index (χ0n) is 17.0. The van der Waals surface area contributed by atoms with Gasteiger partial charge in [0.25, 0.3) is 0 Å². The zero-order valence-corrected chi connectivity index (χ0v) is 17.9. The number of guanidine groups is 1. The molecule has 152 valence electrons. The van der Waals surface area contributed by atoms with E-state index < -0.39 is 0 Å². The SMILES string of the molecule is CN=C(NCc1ccc(Oc2ccc(OC)cc2)nc1)N(C)Cc1csc(C)n1. The van der Waals surface area contributed by atoms with Crippen molar-refractivity contribution in [2.24, 2.45) is 4.99 Å². The molecule has 1 N–H and O–H groups in total. The predicted octanol–water partition coefficient (Wildman–Crippen LogP) is 3.85. The third kappa shape index (κ3) is 5.92. The maximum Gasteiger partial charge on any atom is 0.219 e. The van der Waals surface area contributed by atoms with Crippen LogP contribution in [0, 0.1) is 6.92 Å². The maximum absolute atomic E-state index is 5.76. The molecule has 1 aromatic carbocycles. The minimum Gasteiger partial charge on any atom is -0.497 e. The highest BCUT2D eigenvalue weighted by Gasteiger charge is 2.09. The van der Waals surface area contributed by atoms with Gasteiger partial charge < -0.3 is 19.7 Å². The number of aryl methyl sites for hydroxylation is 1. The molecule has 2 heterocycles. The summed E-state index contributed by atoms with van der Waals surface area (Å²) in [4.78, 5) is 15.3. The van der Waals surface area contributed by atoms with Gasteiger partial charge in [-0.25, -0.2) is 9.97 Å². The average molecular weight is 412 g/mol. The third-order valence-electron chi connectivity index (χ3n) is 4.17. The normalized spacial score (nSPS) is 11.2. The summed E-state index contributed by atoms with van der Waals surface area (Å²) >= 11 is 1.66. The Kier molecular flexibility index (Phi) is 7.02. The molecular weight excluding hydrogens is 386 g/mol.